The molecule has 0 amide bonds. The van der Waals surface area contributed by atoms with Crippen molar-refractivity contribution in [1.29, 1.82) is 0 Å². The summed E-state index contributed by atoms with van der Waals surface area (Å²) in [4.78, 5) is 0. The van der Waals surface area contributed by atoms with Gasteiger partial charge in [0.25, 0.3) is 0 Å². The fraction of sp³-hybridized carbons (Fsp3) is 0.760. The van der Waals surface area contributed by atoms with E-state index in [0.717, 1.165) is 18.8 Å². The number of unbranched alkanes of at least 4 members (excludes halogenated alkanes) is 2. The fourth-order valence-electron chi connectivity index (χ4n) is 5.39. The number of rotatable bonds is 8. The molecule has 32 heavy (non-hydrogen) atoms. The van der Waals surface area contributed by atoms with Gasteiger partial charge in [0.2, 0.25) is 0 Å². The van der Waals surface area contributed by atoms with Crippen molar-refractivity contribution in [2.24, 2.45) is 23.7 Å². The van der Waals surface area contributed by atoms with Crippen LogP contribution in [0.25, 0.3) is 0 Å². The van der Waals surface area contributed by atoms with Crippen LogP contribution in [0.2, 0.25) is 0 Å². The van der Waals surface area contributed by atoms with E-state index in [-0.39, 0.29) is 0 Å². The monoisotopic (exact) mass is 466 g/mol. The zero-order chi connectivity index (χ0) is 23.7. The van der Waals surface area contributed by atoms with Crippen molar-refractivity contribution < 1.29 is 31.1 Å². The first-order valence-electron chi connectivity index (χ1n) is 11.9. The van der Waals surface area contributed by atoms with Gasteiger partial charge in [-0.3, -0.25) is 4.39 Å². The lowest BCUT2D eigenvalue weighted by molar-refractivity contribution is -0.224. The highest BCUT2D eigenvalue weighted by Crippen LogP contribution is 2.46. The molecule has 2 saturated carbocycles. The van der Waals surface area contributed by atoms with E-state index in [1.54, 1.807) is 0 Å². The van der Waals surface area contributed by atoms with Crippen molar-refractivity contribution in [3.05, 3.63) is 29.6 Å². The summed E-state index contributed by atoms with van der Waals surface area (Å²) in [6.07, 6.45) is 8.72. The molecule has 0 bridgehead atoms. The molecule has 0 radical (unpaired) electrons. The largest absolute Gasteiger partial charge is 0.432 e. The SMILES string of the molecule is CCCCCC1CCC(C2CCC(C(F)(F)Oc3cc(F)c(F)c(F)c3)CC2)CC1.CF. The van der Waals surface area contributed by atoms with Crippen LogP contribution in [0.3, 0.4) is 0 Å². The standard InChI is InChI=1S/C24H33F5O.CH3F/c1-2-3-4-5-16-6-8-17(9-7-16)18-10-12-19(13-11-18)24(28,29)30-20-14-21(25)23(27)22(26)15-20;1-2/h14-19H,2-13H2,1H3;1H3. The Morgan fingerprint density at radius 2 is 1.31 bits per heavy atom. The maximum absolute atomic E-state index is 14.6. The molecule has 184 valence electrons. The van der Waals surface area contributed by atoms with Crippen LogP contribution < -0.4 is 4.74 Å². The Bertz CT molecular complexity index is 656. The van der Waals surface area contributed by atoms with Crippen molar-refractivity contribution >= 4 is 0 Å². The van der Waals surface area contributed by atoms with E-state index in [4.69, 9.17) is 0 Å². The minimum atomic E-state index is -3.53. The van der Waals surface area contributed by atoms with Crippen LogP contribution >= 0.6 is 0 Å². The summed E-state index contributed by atoms with van der Waals surface area (Å²) in [6, 6.07) is 0.938. The molecule has 0 heterocycles. The normalized spacial score (nSPS) is 26.2. The molecule has 0 atom stereocenters. The van der Waals surface area contributed by atoms with Gasteiger partial charge in [-0.05, 0) is 56.3 Å². The Morgan fingerprint density at radius 1 is 0.812 bits per heavy atom. The number of halogens is 6. The zero-order valence-corrected chi connectivity index (χ0v) is 19.1. The van der Waals surface area contributed by atoms with E-state index in [1.165, 1.54) is 51.4 Å². The number of benzene rings is 1. The van der Waals surface area contributed by atoms with Crippen molar-refractivity contribution in [2.45, 2.75) is 90.1 Å². The zero-order valence-electron chi connectivity index (χ0n) is 19.1. The van der Waals surface area contributed by atoms with Gasteiger partial charge in [0, 0.05) is 12.1 Å². The van der Waals surface area contributed by atoms with Gasteiger partial charge in [0.15, 0.2) is 17.5 Å². The summed E-state index contributed by atoms with van der Waals surface area (Å²) < 4.78 is 82.9. The molecule has 0 aliphatic heterocycles. The highest BCUT2D eigenvalue weighted by Gasteiger charge is 2.45. The summed E-state index contributed by atoms with van der Waals surface area (Å²) in [5.74, 6) is -4.48. The van der Waals surface area contributed by atoms with Gasteiger partial charge in [-0.25, -0.2) is 13.2 Å². The van der Waals surface area contributed by atoms with Crippen LogP contribution in [0, 0.1) is 41.1 Å². The van der Waals surface area contributed by atoms with Gasteiger partial charge in [0.05, 0.1) is 13.1 Å². The predicted octanol–water partition coefficient (Wildman–Crippen LogP) is 8.85. The molecule has 0 unspecified atom stereocenters. The first kappa shape index (κ1) is 26.8. The summed E-state index contributed by atoms with van der Waals surface area (Å²) in [5.41, 5.74) is 0. The maximum Gasteiger partial charge on any atom is 0.400 e. The second kappa shape index (κ2) is 12.7. The van der Waals surface area contributed by atoms with E-state index in [9.17, 15) is 26.3 Å². The summed E-state index contributed by atoms with van der Waals surface area (Å²) >= 11 is 0. The molecule has 1 aromatic carbocycles. The lowest BCUT2D eigenvalue weighted by atomic mass is 9.68. The lowest BCUT2D eigenvalue weighted by Crippen LogP contribution is -2.38. The second-order valence-corrected chi connectivity index (χ2v) is 9.25. The molecule has 2 fully saturated rings. The molecule has 0 saturated heterocycles. The van der Waals surface area contributed by atoms with Crippen molar-refractivity contribution in [3.8, 4) is 5.75 Å². The number of ether oxygens (including phenoxy) is 1. The number of hydrogen-bond donors (Lipinski definition) is 0. The van der Waals surface area contributed by atoms with Crippen LogP contribution in [0.1, 0.15) is 84.0 Å². The smallest absolute Gasteiger partial charge is 0.400 e. The minimum Gasteiger partial charge on any atom is -0.432 e. The minimum absolute atomic E-state index is 0.334. The number of alkyl halides is 3. The van der Waals surface area contributed by atoms with E-state index in [2.05, 4.69) is 11.7 Å². The maximum atomic E-state index is 14.6. The van der Waals surface area contributed by atoms with Crippen molar-refractivity contribution in [3.63, 3.8) is 0 Å². The Labute approximate surface area is 187 Å². The van der Waals surface area contributed by atoms with Crippen LogP contribution in [-0.4, -0.2) is 13.3 Å². The van der Waals surface area contributed by atoms with E-state index in [1.807, 2.05) is 0 Å². The van der Waals surface area contributed by atoms with Crippen LogP contribution in [0.15, 0.2) is 12.1 Å². The third-order valence-electron chi connectivity index (χ3n) is 7.23. The molecule has 0 N–H and O–H groups in total. The Morgan fingerprint density at radius 3 is 1.81 bits per heavy atom. The molecule has 0 aromatic heterocycles. The topological polar surface area (TPSA) is 9.23 Å². The molecule has 0 spiro atoms. The molecule has 3 rings (SSSR count). The van der Waals surface area contributed by atoms with Gasteiger partial charge < -0.3 is 4.74 Å². The Kier molecular flexibility index (Phi) is 10.7. The lowest BCUT2D eigenvalue weighted by Gasteiger charge is -2.39. The highest BCUT2D eigenvalue weighted by atomic mass is 19.3. The quantitative estimate of drug-likeness (QED) is 0.211. The highest BCUT2D eigenvalue weighted by molar-refractivity contribution is 5.25. The summed E-state index contributed by atoms with van der Waals surface area (Å²) in [6.45, 7) is 2.22. The molecule has 2 aliphatic carbocycles. The van der Waals surface area contributed by atoms with Gasteiger partial charge >= 0.3 is 6.11 Å². The Hall–Kier alpha value is -1.40. The van der Waals surface area contributed by atoms with Gasteiger partial charge in [-0.1, -0.05) is 45.4 Å². The first-order chi connectivity index (χ1) is 15.3. The van der Waals surface area contributed by atoms with E-state index in [0.29, 0.717) is 44.0 Å². The number of hydrogen-bond acceptors (Lipinski definition) is 1. The van der Waals surface area contributed by atoms with Gasteiger partial charge in [-0.15, -0.1) is 0 Å². The van der Waals surface area contributed by atoms with Gasteiger partial charge in [-0.2, -0.15) is 8.78 Å². The molecule has 1 aromatic rings. The molecular formula is C25H36F6O. The van der Waals surface area contributed by atoms with Crippen LogP contribution in [0.4, 0.5) is 26.3 Å². The molecule has 7 heteroatoms. The molecule has 1 nitrogen and oxygen atoms in total. The third kappa shape index (κ3) is 7.31. The van der Waals surface area contributed by atoms with Crippen molar-refractivity contribution in [2.75, 3.05) is 7.18 Å². The molecule has 2 aliphatic rings. The Balaban J connectivity index is 0.00000176. The fourth-order valence-corrected chi connectivity index (χ4v) is 5.39. The average Bonchev–Trinajstić information content (AvgIpc) is 2.79. The average molecular weight is 467 g/mol. The second-order valence-electron chi connectivity index (χ2n) is 9.25. The summed E-state index contributed by atoms with van der Waals surface area (Å²) in [5, 5.41) is 0. The molecular weight excluding hydrogens is 430 g/mol. The predicted molar refractivity (Wildman–Crippen MR) is 114 cm³/mol. The third-order valence-corrected chi connectivity index (χ3v) is 7.23. The van der Waals surface area contributed by atoms with E-state index < -0.39 is 35.2 Å². The van der Waals surface area contributed by atoms with E-state index >= 15 is 0 Å². The van der Waals surface area contributed by atoms with Crippen molar-refractivity contribution in [1.82, 2.24) is 0 Å². The summed E-state index contributed by atoms with van der Waals surface area (Å²) in [7, 11) is 0.500. The van der Waals surface area contributed by atoms with Gasteiger partial charge in [0.1, 0.15) is 5.75 Å². The first-order valence-corrected chi connectivity index (χ1v) is 11.9. The van der Waals surface area contributed by atoms with Crippen LogP contribution in [-0.2, 0) is 0 Å². The van der Waals surface area contributed by atoms with Crippen LogP contribution in [0.5, 0.6) is 5.75 Å².